The van der Waals surface area contributed by atoms with E-state index in [1.165, 1.54) is 64.2 Å². The lowest BCUT2D eigenvalue weighted by Gasteiger charge is -2.13. The second-order valence-electron chi connectivity index (χ2n) is 6.42. The highest BCUT2D eigenvalue weighted by molar-refractivity contribution is 5.66. The van der Waals surface area contributed by atoms with E-state index < -0.39 is 5.97 Å². The summed E-state index contributed by atoms with van der Waals surface area (Å²) in [5.41, 5.74) is 0. The number of aliphatic carboxylic acids is 1. The molecule has 1 saturated carbocycles. The standard InChI is InChI=1S/C18H34O2/c19-18(20)16-12-6-4-2-1-3-5-9-13-17-14-10-7-8-11-15-17/h17H,1-16H2,(H,19,20)/i7D. The normalized spacial score (nSPS) is 24.1. The zero-order chi connectivity index (χ0) is 15.3. The molecule has 2 atom stereocenters. The van der Waals surface area contributed by atoms with Crippen molar-refractivity contribution < 1.29 is 11.3 Å². The number of carbonyl (C=O) groups is 1. The Morgan fingerprint density at radius 3 is 2.20 bits per heavy atom. The summed E-state index contributed by atoms with van der Waals surface area (Å²) >= 11 is 0. The molecule has 0 aromatic heterocycles. The van der Waals surface area contributed by atoms with Gasteiger partial charge in [0.1, 0.15) is 0 Å². The van der Waals surface area contributed by atoms with E-state index in [1.807, 2.05) is 0 Å². The lowest BCUT2D eigenvalue weighted by molar-refractivity contribution is -0.137. The van der Waals surface area contributed by atoms with Crippen molar-refractivity contribution in [3.05, 3.63) is 0 Å². The third-order valence-corrected chi connectivity index (χ3v) is 4.55. The molecule has 20 heavy (non-hydrogen) atoms. The van der Waals surface area contributed by atoms with Crippen molar-refractivity contribution in [1.29, 1.82) is 0 Å². The van der Waals surface area contributed by atoms with Crippen LogP contribution in [0.15, 0.2) is 0 Å². The molecule has 0 aromatic carbocycles. The third-order valence-electron chi connectivity index (χ3n) is 4.55. The minimum absolute atomic E-state index is 0.219. The highest BCUT2D eigenvalue weighted by atomic mass is 16.4. The summed E-state index contributed by atoms with van der Waals surface area (Å²) in [6.07, 6.45) is 17.9. The van der Waals surface area contributed by atoms with Gasteiger partial charge in [0.05, 0.1) is 0 Å². The van der Waals surface area contributed by atoms with Crippen LogP contribution in [0.2, 0.25) is 0 Å². The molecule has 1 aliphatic rings. The highest BCUT2D eigenvalue weighted by Gasteiger charge is 2.11. The first-order valence-corrected chi connectivity index (χ1v) is 8.82. The second kappa shape index (κ2) is 12.2. The van der Waals surface area contributed by atoms with Crippen molar-refractivity contribution in [2.45, 2.75) is 103 Å². The summed E-state index contributed by atoms with van der Waals surface area (Å²) in [5.74, 6) is 0.238. The average Bonchev–Trinajstić information content (AvgIpc) is 2.65. The Hall–Kier alpha value is -0.530. The van der Waals surface area contributed by atoms with Crippen molar-refractivity contribution >= 4 is 5.97 Å². The molecular weight excluding hydrogens is 248 g/mol. The summed E-state index contributed by atoms with van der Waals surface area (Å²) in [6.45, 7) is 0. The third kappa shape index (κ3) is 10.3. The van der Waals surface area contributed by atoms with Crippen molar-refractivity contribution in [3.8, 4) is 0 Å². The van der Waals surface area contributed by atoms with Gasteiger partial charge >= 0.3 is 5.97 Å². The molecule has 0 amide bonds. The van der Waals surface area contributed by atoms with Crippen LogP contribution >= 0.6 is 0 Å². The lowest BCUT2D eigenvalue weighted by atomic mass is 9.93. The van der Waals surface area contributed by atoms with Crippen LogP contribution < -0.4 is 0 Å². The molecule has 0 heterocycles. The fraction of sp³-hybridized carbons (Fsp3) is 0.944. The highest BCUT2D eigenvalue weighted by Crippen LogP contribution is 2.27. The number of unbranched alkanes of at least 4 members (excludes halogenated alkanes) is 7. The minimum atomic E-state index is -0.662. The summed E-state index contributed by atoms with van der Waals surface area (Å²) in [7, 11) is 0. The summed E-state index contributed by atoms with van der Waals surface area (Å²) in [6, 6.07) is 0. The van der Waals surface area contributed by atoms with Crippen LogP contribution in [-0.2, 0) is 4.79 Å². The SMILES string of the molecule is [2H]C1CCCC(CCCCCCCCCCC(=O)O)CC1. The largest absolute Gasteiger partial charge is 0.481 e. The van der Waals surface area contributed by atoms with Gasteiger partial charge in [-0.05, 0) is 12.3 Å². The Morgan fingerprint density at radius 2 is 1.50 bits per heavy atom. The van der Waals surface area contributed by atoms with Gasteiger partial charge in [0.15, 0.2) is 0 Å². The summed E-state index contributed by atoms with van der Waals surface area (Å²) < 4.78 is 7.83. The predicted octanol–water partition coefficient (Wildman–Crippen LogP) is 5.94. The van der Waals surface area contributed by atoms with E-state index in [4.69, 9.17) is 6.48 Å². The monoisotopic (exact) mass is 283 g/mol. The topological polar surface area (TPSA) is 37.3 Å². The first-order chi connectivity index (χ1) is 10.2. The Kier molecular flexibility index (Phi) is 9.69. The second-order valence-corrected chi connectivity index (χ2v) is 6.42. The van der Waals surface area contributed by atoms with Gasteiger partial charge < -0.3 is 5.11 Å². The molecule has 1 N–H and O–H groups in total. The van der Waals surface area contributed by atoms with Crippen LogP contribution in [0.3, 0.4) is 0 Å². The van der Waals surface area contributed by atoms with Gasteiger partial charge in [-0.3, -0.25) is 4.79 Å². The van der Waals surface area contributed by atoms with Crippen molar-refractivity contribution in [2.24, 2.45) is 5.92 Å². The van der Waals surface area contributed by atoms with Crippen LogP contribution in [0.4, 0.5) is 0 Å². The van der Waals surface area contributed by atoms with Gasteiger partial charge in [-0.2, -0.15) is 0 Å². The van der Waals surface area contributed by atoms with Gasteiger partial charge in [0, 0.05) is 7.79 Å². The maximum absolute atomic E-state index is 10.4. The Morgan fingerprint density at radius 1 is 0.900 bits per heavy atom. The molecule has 2 nitrogen and oxygen atoms in total. The van der Waals surface area contributed by atoms with E-state index in [0.29, 0.717) is 6.42 Å². The fourth-order valence-corrected chi connectivity index (χ4v) is 3.25. The molecule has 1 rings (SSSR count). The Bertz CT molecular complexity index is 268. The molecular formula is C18H34O2. The minimum Gasteiger partial charge on any atom is -0.481 e. The van der Waals surface area contributed by atoms with Gasteiger partial charge in [-0.1, -0.05) is 89.9 Å². The van der Waals surface area contributed by atoms with Crippen molar-refractivity contribution in [3.63, 3.8) is 0 Å². The molecule has 0 saturated heterocycles. The zero-order valence-electron chi connectivity index (χ0n) is 14.1. The van der Waals surface area contributed by atoms with Gasteiger partial charge in [0.25, 0.3) is 0 Å². The molecule has 2 unspecified atom stereocenters. The van der Waals surface area contributed by atoms with Crippen LogP contribution in [-0.4, -0.2) is 11.1 Å². The number of rotatable bonds is 11. The smallest absolute Gasteiger partial charge is 0.303 e. The maximum Gasteiger partial charge on any atom is 0.303 e. The maximum atomic E-state index is 10.4. The predicted molar refractivity (Wildman–Crippen MR) is 85.0 cm³/mol. The first-order valence-electron chi connectivity index (χ1n) is 9.40. The molecule has 1 fully saturated rings. The van der Waals surface area contributed by atoms with Gasteiger partial charge in [0.2, 0.25) is 0 Å². The van der Waals surface area contributed by atoms with Gasteiger partial charge in [-0.25, -0.2) is 0 Å². The molecule has 118 valence electrons. The molecule has 0 aliphatic heterocycles. The zero-order valence-corrected chi connectivity index (χ0v) is 13.1. The fourth-order valence-electron chi connectivity index (χ4n) is 3.25. The number of hydrogen-bond donors (Lipinski definition) is 1. The van der Waals surface area contributed by atoms with Crippen LogP contribution in [0.5, 0.6) is 0 Å². The average molecular weight is 283 g/mol. The Balaban J connectivity index is 1.83. The summed E-state index contributed by atoms with van der Waals surface area (Å²) in [5, 5.41) is 8.54. The van der Waals surface area contributed by atoms with Gasteiger partial charge in [-0.15, -0.1) is 0 Å². The lowest BCUT2D eigenvalue weighted by Crippen LogP contribution is -1.98. The number of carboxylic acids is 1. The van der Waals surface area contributed by atoms with E-state index >= 15 is 0 Å². The van der Waals surface area contributed by atoms with Crippen molar-refractivity contribution in [2.75, 3.05) is 0 Å². The van der Waals surface area contributed by atoms with E-state index in [9.17, 15) is 4.79 Å². The number of hydrogen-bond acceptors (Lipinski definition) is 1. The van der Waals surface area contributed by atoms with Crippen LogP contribution in [0.1, 0.15) is 104 Å². The quantitative estimate of drug-likeness (QED) is 0.376. The van der Waals surface area contributed by atoms with E-state index in [0.717, 1.165) is 31.6 Å². The van der Waals surface area contributed by atoms with Crippen molar-refractivity contribution in [1.82, 2.24) is 0 Å². The molecule has 0 radical (unpaired) electrons. The molecule has 0 spiro atoms. The van der Waals surface area contributed by atoms with Crippen LogP contribution in [0, 0.1) is 5.92 Å². The molecule has 0 aromatic rings. The molecule has 2 heteroatoms. The summed E-state index contributed by atoms with van der Waals surface area (Å²) in [4.78, 5) is 10.4. The van der Waals surface area contributed by atoms with Crippen LogP contribution in [0.25, 0.3) is 0 Å². The van der Waals surface area contributed by atoms with E-state index in [2.05, 4.69) is 0 Å². The molecule has 0 bridgehead atoms. The van der Waals surface area contributed by atoms with E-state index in [-0.39, 0.29) is 6.40 Å². The number of carboxylic acid groups (broad SMARTS) is 1. The van der Waals surface area contributed by atoms with E-state index in [1.54, 1.807) is 0 Å². The first kappa shape index (κ1) is 15.9. The molecule has 1 aliphatic carbocycles. The Labute approximate surface area is 126 Å².